The maximum atomic E-state index is 5.77. The molecule has 6 heteroatoms. The van der Waals surface area contributed by atoms with Crippen LogP contribution in [-0.2, 0) is 16.3 Å². The second-order valence-electron chi connectivity index (χ2n) is 4.18. The minimum atomic E-state index is -1.96. The van der Waals surface area contributed by atoms with Gasteiger partial charge in [0.1, 0.15) is 0 Å². The Bertz CT molecular complexity index is 248. The lowest BCUT2D eigenvalue weighted by Crippen LogP contribution is -2.10. The van der Waals surface area contributed by atoms with E-state index in [2.05, 4.69) is 37.8 Å². The molecule has 0 bridgehead atoms. The second kappa shape index (κ2) is 10.4. The first-order chi connectivity index (χ1) is 8.04. The standard InChI is InChI=1S/C11H25N2OPS2/c1-5-7-14-15(16,17-8-6-2)13-10-12-9-11(3)4/h10-11H,5-9H2,1-4H3,(H,12,13,16). The van der Waals surface area contributed by atoms with Crippen molar-refractivity contribution >= 4 is 35.1 Å². The van der Waals surface area contributed by atoms with E-state index in [1.165, 1.54) is 0 Å². The zero-order chi connectivity index (χ0) is 13.1. The van der Waals surface area contributed by atoms with Gasteiger partial charge in [-0.1, -0.05) is 39.1 Å². The fourth-order valence-corrected chi connectivity index (χ4v) is 5.32. The molecule has 102 valence electrons. The molecule has 0 radical (unpaired) electrons. The van der Waals surface area contributed by atoms with Gasteiger partial charge in [-0.2, -0.15) is 0 Å². The molecule has 0 aromatic rings. The van der Waals surface area contributed by atoms with Gasteiger partial charge >= 0.3 is 0 Å². The van der Waals surface area contributed by atoms with Crippen molar-refractivity contribution in [1.82, 2.24) is 5.09 Å². The third-order valence-corrected chi connectivity index (χ3v) is 7.37. The van der Waals surface area contributed by atoms with E-state index in [4.69, 9.17) is 16.3 Å². The summed E-state index contributed by atoms with van der Waals surface area (Å²) in [4.78, 5) is 4.30. The van der Waals surface area contributed by atoms with Crippen LogP contribution in [0.15, 0.2) is 4.99 Å². The molecule has 0 aromatic heterocycles. The van der Waals surface area contributed by atoms with Gasteiger partial charge in [-0.15, -0.1) is 0 Å². The van der Waals surface area contributed by atoms with Gasteiger partial charge in [0.2, 0.25) is 5.62 Å². The maximum Gasteiger partial charge on any atom is 0.211 e. The Balaban J connectivity index is 4.17. The van der Waals surface area contributed by atoms with Crippen LogP contribution < -0.4 is 5.09 Å². The molecule has 1 N–H and O–H groups in total. The number of rotatable bonds is 10. The average molecular weight is 296 g/mol. The number of hydrogen-bond donors (Lipinski definition) is 1. The van der Waals surface area contributed by atoms with Crippen molar-refractivity contribution in [1.29, 1.82) is 0 Å². The van der Waals surface area contributed by atoms with E-state index in [9.17, 15) is 0 Å². The molecule has 0 heterocycles. The van der Waals surface area contributed by atoms with Crippen LogP contribution in [0.2, 0.25) is 0 Å². The van der Waals surface area contributed by atoms with Crippen molar-refractivity contribution in [3.05, 3.63) is 0 Å². The first-order valence-electron chi connectivity index (χ1n) is 6.19. The molecule has 0 aromatic carbocycles. The van der Waals surface area contributed by atoms with Gasteiger partial charge in [-0.3, -0.25) is 4.99 Å². The zero-order valence-corrected chi connectivity index (χ0v) is 13.8. The number of nitrogens with zero attached hydrogens (tertiary/aromatic N) is 1. The Kier molecular flexibility index (Phi) is 10.6. The van der Waals surface area contributed by atoms with Crippen molar-refractivity contribution < 1.29 is 4.52 Å². The van der Waals surface area contributed by atoms with Gasteiger partial charge in [-0.05, 0) is 30.6 Å². The minimum absolute atomic E-state index is 0.575. The lowest BCUT2D eigenvalue weighted by Gasteiger charge is -2.20. The van der Waals surface area contributed by atoms with Crippen molar-refractivity contribution in [2.75, 3.05) is 18.9 Å². The van der Waals surface area contributed by atoms with E-state index >= 15 is 0 Å². The zero-order valence-electron chi connectivity index (χ0n) is 11.3. The normalized spacial score (nSPS) is 15.4. The Morgan fingerprint density at radius 3 is 2.65 bits per heavy atom. The lowest BCUT2D eigenvalue weighted by molar-refractivity contribution is 0.356. The van der Waals surface area contributed by atoms with Crippen molar-refractivity contribution in [3.8, 4) is 0 Å². The fraction of sp³-hybridized carbons (Fsp3) is 0.909. The molecule has 0 fully saturated rings. The molecule has 0 saturated heterocycles. The second-order valence-corrected chi connectivity index (χ2v) is 10.9. The summed E-state index contributed by atoms with van der Waals surface area (Å²) in [6.07, 6.45) is 3.85. The van der Waals surface area contributed by atoms with E-state index in [-0.39, 0.29) is 0 Å². The smallest absolute Gasteiger partial charge is 0.211 e. The van der Waals surface area contributed by atoms with E-state index in [1.807, 2.05) is 0 Å². The molecular weight excluding hydrogens is 271 g/mol. The molecular formula is C11H25N2OPS2. The van der Waals surface area contributed by atoms with Crippen molar-refractivity contribution in [2.45, 2.75) is 40.5 Å². The summed E-state index contributed by atoms with van der Waals surface area (Å²) in [5.74, 6) is 1.61. The average Bonchev–Trinajstić information content (AvgIpc) is 2.30. The Hall–Kier alpha value is 0.430. The largest absolute Gasteiger partial charge is 0.326 e. The van der Waals surface area contributed by atoms with Crippen LogP contribution in [0, 0.1) is 5.92 Å². The highest BCUT2D eigenvalue weighted by atomic mass is 32.9. The third-order valence-electron chi connectivity index (χ3n) is 1.71. The molecule has 0 aliphatic heterocycles. The summed E-state index contributed by atoms with van der Waals surface area (Å²) in [7, 11) is 0. The van der Waals surface area contributed by atoms with Crippen LogP contribution in [0.4, 0.5) is 0 Å². The van der Waals surface area contributed by atoms with Crippen LogP contribution in [0.1, 0.15) is 40.5 Å². The molecule has 0 rings (SSSR count). The number of aliphatic imine (C=N–C) groups is 1. The number of nitrogens with one attached hydrogen (secondary N) is 1. The van der Waals surface area contributed by atoms with Gasteiger partial charge in [0.15, 0.2) is 0 Å². The van der Waals surface area contributed by atoms with Gasteiger partial charge in [-0.25, -0.2) is 0 Å². The highest BCUT2D eigenvalue weighted by molar-refractivity contribution is 8.68. The van der Waals surface area contributed by atoms with Gasteiger partial charge in [0, 0.05) is 12.3 Å². The summed E-state index contributed by atoms with van der Waals surface area (Å²) < 4.78 is 5.77. The van der Waals surface area contributed by atoms with Crippen molar-refractivity contribution in [3.63, 3.8) is 0 Å². The molecule has 0 saturated carbocycles. The quantitative estimate of drug-likeness (QED) is 0.374. The third kappa shape index (κ3) is 10.1. The molecule has 0 spiro atoms. The molecule has 0 aliphatic carbocycles. The molecule has 0 aliphatic rings. The van der Waals surface area contributed by atoms with Crippen LogP contribution in [0.5, 0.6) is 0 Å². The minimum Gasteiger partial charge on any atom is -0.326 e. The summed E-state index contributed by atoms with van der Waals surface area (Å²) >= 11 is 7.29. The predicted octanol–water partition coefficient (Wildman–Crippen LogP) is 4.05. The Morgan fingerprint density at radius 2 is 2.12 bits per heavy atom. The first-order valence-corrected chi connectivity index (χ1v) is 10.5. The van der Waals surface area contributed by atoms with Gasteiger partial charge < -0.3 is 9.61 Å². The van der Waals surface area contributed by atoms with E-state index < -0.39 is 5.62 Å². The SMILES string of the molecule is CCCOP(=S)(NC=NCC(C)C)SCCC. The predicted molar refractivity (Wildman–Crippen MR) is 84.6 cm³/mol. The monoisotopic (exact) mass is 296 g/mol. The van der Waals surface area contributed by atoms with Crippen LogP contribution >= 0.6 is 17.0 Å². The molecule has 1 unspecified atom stereocenters. The summed E-state index contributed by atoms with van der Waals surface area (Å²) in [6, 6.07) is 0. The Labute approximate surface area is 115 Å². The fourth-order valence-electron chi connectivity index (χ4n) is 0.910. The topological polar surface area (TPSA) is 33.6 Å². The molecule has 3 nitrogen and oxygen atoms in total. The lowest BCUT2D eigenvalue weighted by atomic mass is 10.2. The highest BCUT2D eigenvalue weighted by Crippen LogP contribution is 2.55. The Morgan fingerprint density at radius 1 is 1.41 bits per heavy atom. The van der Waals surface area contributed by atoms with Gasteiger partial charge in [0.25, 0.3) is 0 Å². The van der Waals surface area contributed by atoms with Crippen LogP contribution in [0.3, 0.4) is 0 Å². The van der Waals surface area contributed by atoms with E-state index in [1.54, 1.807) is 17.7 Å². The molecule has 0 amide bonds. The van der Waals surface area contributed by atoms with Crippen LogP contribution in [0.25, 0.3) is 0 Å². The van der Waals surface area contributed by atoms with E-state index in [0.29, 0.717) is 5.92 Å². The van der Waals surface area contributed by atoms with Gasteiger partial charge in [0.05, 0.1) is 12.9 Å². The summed E-state index contributed by atoms with van der Waals surface area (Å²) in [5, 5.41) is 3.20. The van der Waals surface area contributed by atoms with Crippen LogP contribution in [-0.4, -0.2) is 25.2 Å². The summed E-state index contributed by atoms with van der Waals surface area (Å²) in [6.45, 7) is 10.1. The first kappa shape index (κ1) is 17.4. The maximum absolute atomic E-state index is 5.77. The summed E-state index contributed by atoms with van der Waals surface area (Å²) in [5.41, 5.74) is -1.96. The molecule has 1 atom stereocenters. The number of hydrogen-bond acceptors (Lipinski definition) is 4. The van der Waals surface area contributed by atoms with Crippen molar-refractivity contribution in [2.24, 2.45) is 10.9 Å². The molecule has 17 heavy (non-hydrogen) atoms. The highest BCUT2D eigenvalue weighted by Gasteiger charge is 2.15. The van der Waals surface area contributed by atoms with E-state index in [0.717, 1.165) is 31.7 Å².